The minimum Gasteiger partial charge on any atom is -0.466 e. The minimum absolute atomic E-state index is 0.0108. The summed E-state index contributed by atoms with van der Waals surface area (Å²) >= 11 is 0. The van der Waals surface area contributed by atoms with E-state index < -0.39 is 30.9 Å². The van der Waals surface area contributed by atoms with Gasteiger partial charge < -0.3 is 22.8 Å². The highest BCUT2D eigenvalue weighted by molar-refractivity contribution is 6.75. The molecule has 282 valence electrons. The maximum Gasteiger partial charge on any atom is 0.330 e. The standard InChI is InChI=1S/C39H72O7Si3/c1-31(35(46-49(16,17)39(8,9)10)25-23-21-19-18-20-22-24-26-36(42)43-11)34(41)30-33(45-48(14,15)38(5,6)7)29-32(27-28-40)44-47(12,13)37(2,3)4/h18-24,26,28,31-33,35H,25,27,29-30H2,1-17H3/b19-18+,22-20+,23-21+,26-24+/t31-,32+,33+,35-/m0/s1. The molecule has 49 heavy (non-hydrogen) atoms. The van der Waals surface area contributed by atoms with E-state index in [9.17, 15) is 14.4 Å². The van der Waals surface area contributed by atoms with E-state index in [2.05, 4.69) is 106 Å². The van der Waals surface area contributed by atoms with Crippen molar-refractivity contribution < 1.29 is 32.4 Å². The van der Waals surface area contributed by atoms with Gasteiger partial charge in [0.2, 0.25) is 0 Å². The maximum absolute atomic E-state index is 14.2. The molecule has 0 aliphatic rings. The SMILES string of the molecule is COC(=O)/C=C/C=C/C=C/C=C/C[C@H](O[Si](C)(C)C(C)(C)C)[C@@H](C)C(=O)C[C@@H](C[C@@H](CC=O)O[Si](C)(C)C(C)(C)C)O[Si](C)(C)C(C)(C)C. The maximum atomic E-state index is 14.2. The van der Waals surface area contributed by atoms with Gasteiger partial charge in [0.25, 0.3) is 0 Å². The number of aldehydes is 1. The first-order chi connectivity index (χ1) is 22.1. The molecule has 0 aromatic rings. The Morgan fingerprint density at radius 3 is 1.51 bits per heavy atom. The first kappa shape index (κ1) is 47.3. The molecule has 4 atom stereocenters. The van der Waals surface area contributed by atoms with Crippen LogP contribution in [0.3, 0.4) is 0 Å². The third-order valence-corrected chi connectivity index (χ3v) is 24.2. The molecule has 0 aliphatic heterocycles. The van der Waals surface area contributed by atoms with Crippen LogP contribution in [0.25, 0.3) is 0 Å². The van der Waals surface area contributed by atoms with Crippen molar-refractivity contribution in [3.63, 3.8) is 0 Å². The van der Waals surface area contributed by atoms with Crippen LogP contribution < -0.4 is 0 Å². The lowest BCUT2D eigenvalue weighted by molar-refractivity contribution is -0.135. The van der Waals surface area contributed by atoms with Gasteiger partial charge in [-0.25, -0.2) is 4.79 Å². The van der Waals surface area contributed by atoms with Gasteiger partial charge in [-0.3, -0.25) is 4.79 Å². The second-order valence-corrected chi connectivity index (χ2v) is 32.1. The van der Waals surface area contributed by atoms with Crippen molar-refractivity contribution >= 4 is 43.0 Å². The number of esters is 1. The third kappa shape index (κ3) is 16.9. The molecule has 0 heterocycles. The zero-order chi connectivity index (χ0) is 38.5. The molecule has 0 spiro atoms. The van der Waals surface area contributed by atoms with E-state index in [1.165, 1.54) is 13.2 Å². The predicted octanol–water partition coefficient (Wildman–Crippen LogP) is 10.5. The number of Topliss-reactive ketones (excluding diaryl/α,β-unsaturated/α-hetero) is 1. The van der Waals surface area contributed by atoms with E-state index >= 15 is 0 Å². The van der Waals surface area contributed by atoms with Crippen LogP contribution in [-0.2, 0) is 32.4 Å². The summed E-state index contributed by atoms with van der Waals surface area (Å²) in [5.41, 5.74) is 0. The number of hydrogen-bond donors (Lipinski definition) is 0. The summed E-state index contributed by atoms with van der Waals surface area (Å²) in [6.07, 6.45) is 15.9. The van der Waals surface area contributed by atoms with Crippen LogP contribution in [0.5, 0.6) is 0 Å². The van der Waals surface area contributed by atoms with Crippen molar-refractivity contribution in [2.75, 3.05) is 7.11 Å². The zero-order valence-corrected chi connectivity index (χ0v) is 37.2. The number of allylic oxidation sites excluding steroid dienone is 6. The molecule has 7 nitrogen and oxygen atoms in total. The molecule has 0 aliphatic carbocycles. The molecule has 0 unspecified atom stereocenters. The Bertz CT molecular complexity index is 1160. The highest BCUT2D eigenvalue weighted by Crippen LogP contribution is 2.42. The summed E-state index contributed by atoms with van der Waals surface area (Å²) in [5, 5.41) is -0.0696. The summed E-state index contributed by atoms with van der Waals surface area (Å²) in [6.45, 7) is 35.1. The number of carbonyl (C=O) groups is 3. The molecule has 0 saturated heterocycles. The molecule has 0 fully saturated rings. The summed E-state index contributed by atoms with van der Waals surface area (Å²) in [5.74, 6) is -0.653. The molecule has 0 aromatic heterocycles. The summed E-state index contributed by atoms with van der Waals surface area (Å²) in [4.78, 5) is 37.3. The first-order valence-corrected chi connectivity index (χ1v) is 26.6. The van der Waals surface area contributed by atoms with Crippen LogP contribution in [0.15, 0.2) is 48.6 Å². The van der Waals surface area contributed by atoms with Crippen LogP contribution in [0.1, 0.15) is 94.9 Å². The normalized spacial score (nSPS) is 16.8. The average Bonchev–Trinajstić information content (AvgIpc) is 2.92. The molecular formula is C39H72O7Si3. The Morgan fingerprint density at radius 2 is 1.06 bits per heavy atom. The summed E-state index contributed by atoms with van der Waals surface area (Å²) in [7, 11) is -5.29. The largest absolute Gasteiger partial charge is 0.466 e. The number of carbonyl (C=O) groups excluding carboxylic acids is 3. The second kappa shape index (κ2) is 19.8. The van der Waals surface area contributed by atoms with E-state index in [1.807, 2.05) is 37.3 Å². The summed E-state index contributed by atoms with van der Waals surface area (Å²) in [6, 6.07) is 0. The number of methoxy groups -OCH3 is 1. The molecule has 10 heteroatoms. The first-order valence-electron chi connectivity index (χ1n) is 17.9. The van der Waals surface area contributed by atoms with Gasteiger partial charge in [-0.15, -0.1) is 0 Å². The van der Waals surface area contributed by atoms with E-state index in [4.69, 9.17) is 13.3 Å². The Morgan fingerprint density at radius 1 is 0.633 bits per heavy atom. The average molecular weight is 737 g/mol. The molecule has 0 amide bonds. The molecule has 0 bridgehead atoms. The van der Waals surface area contributed by atoms with Gasteiger partial charge in [0.1, 0.15) is 12.1 Å². The van der Waals surface area contributed by atoms with E-state index in [0.29, 0.717) is 12.8 Å². The van der Waals surface area contributed by atoms with Crippen LogP contribution in [0, 0.1) is 5.92 Å². The molecular weight excluding hydrogens is 665 g/mol. The van der Waals surface area contributed by atoms with E-state index in [-0.39, 0.29) is 58.0 Å². The lowest BCUT2D eigenvalue weighted by Gasteiger charge is -2.43. The van der Waals surface area contributed by atoms with E-state index in [0.717, 1.165) is 6.29 Å². The topological polar surface area (TPSA) is 88.1 Å². The van der Waals surface area contributed by atoms with Gasteiger partial charge in [0, 0.05) is 24.8 Å². The predicted molar refractivity (Wildman–Crippen MR) is 213 cm³/mol. The van der Waals surface area contributed by atoms with Crippen LogP contribution >= 0.6 is 0 Å². The smallest absolute Gasteiger partial charge is 0.330 e. The highest BCUT2D eigenvalue weighted by Gasteiger charge is 2.44. The van der Waals surface area contributed by atoms with Gasteiger partial charge in [-0.1, -0.05) is 112 Å². The Labute approximate surface area is 303 Å². The second-order valence-electron chi connectivity index (χ2n) is 17.8. The lowest BCUT2D eigenvalue weighted by Crippen LogP contribution is -2.49. The quantitative estimate of drug-likeness (QED) is 0.0404. The highest BCUT2D eigenvalue weighted by atomic mass is 28.4. The Balaban J connectivity index is 6.34. The van der Waals surface area contributed by atoms with Crippen molar-refractivity contribution in [1.82, 2.24) is 0 Å². The molecule has 0 N–H and O–H groups in total. The fourth-order valence-corrected chi connectivity index (χ4v) is 8.39. The minimum atomic E-state index is -2.26. The fraction of sp³-hybridized carbons (Fsp3) is 0.718. The number of rotatable bonds is 20. The molecule has 0 saturated carbocycles. The number of hydrogen-bond acceptors (Lipinski definition) is 7. The summed E-state index contributed by atoms with van der Waals surface area (Å²) < 4.78 is 25.2. The van der Waals surface area contributed by atoms with Gasteiger partial charge in [-0.2, -0.15) is 0 Å². The van der Waals surface area contributed by atoms with Crippen molar-refractivity contribution in [1.29, 1.82) is 0 Å². The van der Waals surface area contributed by atoms with Crippen LogP contribution in [0.2, 0.25) is 54.4 Å². The number of ketones is 1. The van der Waals surface area contributed by atoms with Crippen molar-refractivity contribution in [2.24, 2.45) is 5.92 Å². The van der Waals surface area contributed by atoms with Gasteiger partial charge in [-0.05, 0) is 67.2 Å². The monoisotopic (exact) mass is 736 g/mol. The van der Waals surface area contributed by atoms with Gasteiger partial charge in [0.15, 0.2) is 25.0 Å². The van der Waals surface area contributed by atoms with Crippen LogP contribution in [0.4, 0.5) is 0 Å². The molecule has 0 radical (unpaired) electrons. The molecule has 0 aromatic carbocycles. The fourth-order valence-electron chi connectivity index (χ4n) is 4.23. The van der Waals surface area contributed by atoms with Crippen molar-refractivity contribution in [2.45, 2.75) is 168 Å². The number of ether oxygens (including phenoxy) is 1. The van der Waals surface area contributed by atoms with Crippen LogP contribution in [-0.4, -0.2) is 68.4 Å². The van der Waals surface area contributed by atoms with Gasteiger partial charge >= 0.3 is 5.97 Å². The Kier molecular flexibility index (Phi) is 19.1. The Hall–Kier alpha value is -1.70. The van der Waals surface area contributed by atoms with Crippen molar-refractivity contribution in [3.05, 3.63) is 48.6 Å². The van der Waals surface area contributed by atoms with Gasteiger partial charge in [0.05, 0.1) is 25.4 Å². The lowest BCUT2D eigenvalue weighted by atomic mass is 9.92. The molecule has 0 rings (SSSR count). The van der Waals surface area contributed by atoms with E-state index in [1.54, 1.807) is 12.2 Å². The third-order valence-electron chi connectivity index (χ3n) is 10.7. The van der Waals surface area contributed by atoms with Crippen molar-refractivity contribution in [3.8, 4) is 0 Å². The zero-order valence-electron chi connectivity index (χ0n) is 34.2.